The summed E-state index contributed by atoms with van der Waals surface area (Å²) >= 11 is 0. The molecule has 1 aromatic heterocycles. The summed E-state index contributed by atoms with van der Waals surface area (Å²) in [5, 5.41) is 57.5. The van der Waals surface area contributed by atoms with Gasteiger partial charge in [-0.1, -0.05) is 101 Å². The highest BCUT2D eigenvalue weighted by atomic mass is 16.4. The molecule has 410 valence electrons. The number of carbonyl (C=O) groups is 10. The Morgan fingerprint density at radius 3 is 1.55 bits per heavy atom. The van der Waals surface area contributed by atoms with E-state index in [-0.39, 0.29) is 25.0 Å². The number of aliphatic carboxylic acids is 3. The maximum absolute atomic E-state index is 14.5. The van der Waals surface area contributed by atoms with E-state index in [1.165, 1.54) is 31.2 Å². The minimum Gasteiger partial charge on any atom is -0.508 e. The second kappa shape index (κ2) is 28.9. The second-order valence-corrected chi connectivity index (χ2v) is 18.8. The molecule has 23 nitrogen and oxygen atoms in total. The Kier molecular flexibility index (Phi) is 22.9. The molecule has 0 aliphatic carbocycles. The van der Waals surface area contributed by atoms with Crippen molar-refractivity contribution in [3.8, 4) is 5.75 Å². The number of rotatable bonds is 30. The van der Waals surface area contributed by atoms with Gasteiger partial charge in [-0.3, -0.25) is 43.2 Å². The third-order valence-electron chi connectivity index (χ3n) is 13.0. The maximum atomic E-state index is 14.5. The van der Waals surface area contributed by atoms with Crippen molar-refractivity contribution in [2.24, 2.45) is 17.6 Å². The molecule has 0 aliphatic rings. The maximum Gasteiger partial charge on any atom is 0.326 e. The Bertz CT molecular complexity index is 2680. The van der Waals surface area contributed by atoms with Crippen LogP contribution < -0.4 is 43.0 Å². The number of hydrogen-bond donors (Lipinski definition) is 13. The van der Waals surface area contributed by atoms with E-state index in [2.05, 4.69) is 42.2 Å². The van der Waals surface area contributed by atoms with Crippen molar-refractivity contribution in [2.45, 2.75) is 134 Å². The number of phenols is 1. The summed E-state index contributed by atoms with van der Waals surface area (Å²) in [6.45, 7) is 8.09. The fourth-order valence-electron chi connectivity index (χ4n) is 8.06. The number of carboxylic acid groups (broad SMARTS) is 3. The molecule has 0 unspecified atom stereocenters. The highest BCUT2D eigenvalue weighted by Gasteiger charge is 2.36. The molecule has 4 rings (SSSR count). The van der Waals surface area contributed by atoms with Crippen LogP contribution in [0, 0.1) is 11.8 Å². The number of benzene rings is 3. The first-order chi connectivity index (χ1) is 36.0. The average molecular weight is 1060 g/mol. The second-order valence-electron chi connectivity index (χ2n) is 18.8. The number of hydrogen-bond acceptors (Lipinski definition) is 12. The van der Waals surface area contributed by atoms with Gasteiger partial charge in [0.25, 0.3) is 0 Å². The summed E-state index contributed by atoms with van der Waals surface area (Å²) in [6.07, 6.45) is 0.0271. The summed E-state index contributed by atoms with van der Waals surface area (Å²) in [4.78, 5) is 136. The molecule has 7 amide bonds. The number of nitrogens with two attached hydrogens (primary N) is 1. The molecular formula is C53H69N9O14. The summed E-state index contributed by atoms with van der Waals surface area (Å²) in [6, 6.07) is 9.82. The van der Waals surface area contributed by atoms with E-state index in [1.807, 2.05) is 18.2 Å². The van der Waals surface area contributed by atoms with Crippen molar-refractivity contribution in [1.82, 2.24) is 42.2 Å². The quantitative estimate of drug-likeness (QED) is 0.0349. The number of phenolic OH excluding ortho intramolecular Hbond substituents is 1. The van der Waals surface area contributed by atoms with Gasteiger partial charge >= 0.3 is 17.9 Å². The van der Waals surface area contributed by atoms with E-state index in [0.29, 0.717) is 29.5 Å². The Labute approximate surface area is 438 Å². The van der Waals surface area contributed by atoms with Crippen molar-refractivity contribution >= 4 is 70.2 Å². The number of aromatic hydroxyl groups is 1. The van der Waals surface area contributed by atoms with E-state index < -0.39 is 139 Å². The molecule has 0 saturated carbocycles. The van der Waals surface area contributed by atoms with Gasteiger partial charge in [-0.15, -0.1) is 0 Å². The van der Waals surface area contributed by atoms with Gasteiger partial charge in [0, 0.05) is 42.8 Å². The molecule has 4 aromatic rings. The zero-order valence-corrected chi connectivity index (χ0v) is 43.0. The zero-order chi connectivity index (χ0) is 56.2. The first kappa shape index (κ1) is 60.2. The molecule has 14 N–H and O–H groups in total. The van der Waals surface area contributed by atoms with Gasteiger partial charge in [0.1, 0.15) is 48.0 Å². The van der Waals surface area contributed by atoms with Crippen molar-refractivity contribution < 1.29 is 68.4 Å². The van der Waals surface area contributed by atoms with Crippen molar-refractivity contribution in [3.63, 3.8) is 0 Å². The minimum absolute atomic E-state index is 0.0799. The van der Waals surface area contributed by atoms with Crippen LogP contribution in [0.15, 0.2) is 85.1 Å². The monoisotopic (exact) mass is 1060 g/mol. The molecule has 0 fully saturated rings. The van der Waals surface area contributed by atoms with E-state index in [9.17, 15) is 68.4 Å². The van der Waals surface area contributed by atoms with Crippen LogP contribution in [0.5, 0.6) is 5.75 Å². The van der Waals surface area contributed by atoms with Gasteiger partial charge in [-0.2, -0.15) is 0 Å². The van der Waals surface area contributed by atoms with Crippen LogP contribution in [-0.2, 0) is 67.2 Å². The van der Waals surface area contributed by atoms with Crippen LogP contribution in [0.25, 0.3) is 10.9 Å². The number of amides is 7. The van der Waals surface area contributed by atoms with Crippen LogP contribution in [-0.4, -0.2) is 133 Å². The Morgan fingerprint density at radius 1 is 0.526 bits per heavy atom. The minimum atomic E-state index is -1.62. The predicted molar refractivity (Wildman–Crippen MR) is 277 cm³/mol. The number of para-hydroxylation sites is 1. The van der Waals surface area contributed by atoms with Crippen LogP contribution >= 0.6 is 0 Å². The molecule has 0 radical (unpaired) electrons. The molecule has 0 spiro atoms. The molecule has 0 saturated heterocycles. The predicted octanol–water partition coefficient (Wildman–Crippen LogP) is 1.16. The van der Waals surface area contributed by atoms with Crippen molar-refractivity contribution in [1.29, 1.82) is 0 Å². The topological polar surface area (TPSA) is 378 Å². The molecule has 0 bridgehead atoms. The first-order valence-corrected chi connectivity index (χ1v) is 24.9. The van der Waals surface area contributed by atoms with E-state index in [1.54, 1.807) is 70.3 Å². The summed E-state index contributed by atoms with van der Waals surface area (Å²) in [7, 11) is 0. The number of nitrogens with one attached hydrogen (secondary N) is 8. The number of fused-ring (bicyclic) bond motifs is 1. The smallest absolute Gasteiger partial charge is 0.326 e. The van der Waals surface area contributed by atoms with Crippen LogP contribution in [0.3, 0.4) is 0 Å². The first-order valence-electron chi connectivity index (χ1n) is 24.9. The standard InChI is InChI=1S/C53H69N9O14/c1-6-28(3)44(52(74)60-41(53(75)76)25-33-27-55-37-16-12-11-15-35(33)37)61-46(68)30(5)56-48(70)38(21-22-42(64)65)57-49(71)39(23-31-13-9-8-10-14-31)58-50(72)40(24-32-17-19-34(63)20-18-32)59-51(73)45(29(4)7-2)62-47(69)36(54)26-43(66)67/h8-20,27-30,36,38-41,44-45,55,63H,6-7,21-26,54H2,1-5H3,(H,56,70)(H,57,71)(H,58,72)(H,59,73)(H,60,74)(H,61,68)(H,62,69)(H,64,65)(H,66,67)(H,75,76)/t28-,29-,30-,36-,38-,39-,40-,41-,44-,45-/m0/s1. The molecule has 0 aliphatic heterocycles. The van der Waals surface area contributed by atoms with Crippen LogP contribution in [0.2, 0.25) is 0 Å². The fraction of sp³-hybridized carbons (Fsp3) is 0.434. The van der Waals surface area contributed by atoms with Gasteiger partial charge in [0.2, 0.25) is 41.4 Å². The normalized spacial score (nSPS) is 15.1. The molecule has 1 heterocycles. The number of carbonyl (C=O) groups excluding carboxylic acids is 7. The van der Waals surface area contributed by atoms with Crippen LogP contribution in [0.1, 0.15) is 83.4 Å². The summed E-state index contributed by atoms with van der Waals surface area (Å²) in [5.41, 5.74) is 8.17. The third kappa shape index (κ3) is 18.2. The Hall–Kier alpha value is -8.34. The van der Waals surface area contributed by atoms with Gasteiger partial charge in [-0.05, 0) is 60.1 Å². The van der Waals surface area contributed by atoms with E-state index >= 15 is 0 Å². The highest BCUT2D eigenvalue weighted by molar-refractivity contribution is 5.98. The van der Waals surface area contributed by atoms with Crippen LogP contribution in [0.4, 0.5) is 0 Å². The van der Waals surface area contributed by atoms with Crippen molar-refractivity contribution in [3.05, 3.63) is 102 Å². The van der Waals surface area contributed by atoms with E-state index in [4.69, 9.17) is 5.73 Å². The molecule has 3 aromatic carbocycles. The Morgan fingerprint density at radius 2 is 1.01 bits per heavy atom. The average Bonchev–Trinajstić information content (AvgIpc) is 3.80. The fourth-order valence-corrected chi connectivity index (χ4v) is 8.06. The zero-order valence-electron chi connectivity index (χ0n) is 43.0. The number of carboxylic acids is 3. The molecule has 23 heteroatoms. The lowest BCUT2D eigenvalue weighted by atomic mass is 9.96. The number of H-pyrrole nitrogens is 1. The SMILES string of the molecule is CC[C@H](C)[C@H](NC(=O)[C@H](C)NC(=O)[C@H](CCC(=O)O)NC(=O)[C@H](Cc1ccccc1)NC(=O)[C@H](Cc1ccc(O)cc1)NC(=O)[C@@H](NC(=O)[C@@H](N)CC(=O)O)[C@@H](C)CC)C(=O)N[C@@H](Cc1c[nH]c2ccccc12)C(=O)O. The Balaban J connectivity index is 1.57. The number of aromatic nitrogens is 1. The largest absolute Gasteiger partial charge is 0.508 e. The van der Waals surface area contributed by atoms with Gasteiger partial charge < -0.3 is 68.4 Å². The lowest BCUT2D eigenvalue weighted by molar-refractivity contribution is -0.142. The lowest BCUT2D eigenvalue weighted by Gasteiger charge is -2.29. The van der Waals surface area contributed by atoms with E-state index in [0.717, 1.165) is 10.9 Å². The lowest BCUT2D eigenvalue weighted by Crippen LogP contribution is -2.61. The van der Waals surface area contributed by atoms with Gasteiger partial charge in [0.05, 0.1) is 12.5 Å². The van der Waals surface area contributed by atoms with Crippen molar-refractivity contribution in [2.75, 3.05) is 0 Å². The van der Waals surface area contributed by atoms with Gasteiger partial charge in [-0.25, -0.2) is 4.79 Å². The summed E-state index contributed by atoms with van der Waals surface area (Å²) < 4.78 is 0. The third-order valence-corrected chi connectivity index (χ3v) is 13.0. The molecular weight excluding hydrogens is 987 g/mol. The highest BCUT2D eigenvalue weighted by Crippen LogP contribution is 2.20. The van der Waals surface area contributed by atoms with Gasteiger partial charge in [0.15, 0.2) is 0 Å². The molecule has 10 atom stereocenters. The summed E-state index contributed by atoms with van der Waals surface area (Å²) in [5.74, 6) is -11.5. The number of aromatic amines is 1. The molecule has 76 heavy (non-hydrogen) atoms.